The topological polar surface area (TPSA) is 150 Å². The summed E-state index contributed by atoms with van der Waals surface area (Å²) in [5, 5.41) is 0. The largest absolute Gasteiger partial charge is 0.493 e. The fourth-order valence-electron chi connectivity index (χ4n) is 3.91. The molecular weight excluding hydrogens is 696 g/mol. The summed E-state index contributed by atoms with van der Waals surface area (Å²) in [6.45, 7) is 16.9. The number of benzene rings is 3. The van der Waals surface area contributed by atoms with Gasteiger partial charge in [0.15, 0.2) is 0 Å². The highest BCUT2D eigenvalue weighted by molar-refractivity contribution is 5.92. The van der Waals surface area contributed by atoms with Crippen LogP contribution in [0.5, 0.6) is 17.2 Å². The highest BCUT2D eigenvalue weighted by Gasteiger charge is 2.13. The van der Waals surface area contributed by atoms with Crippen molar-refractivity contribution in [1.29, 1.82) is 0 Å². The third-order valence-electron chi connectivity index (χ3n) is 6.57. The van der Waals surface area contributed by atoms with Crippen LogP contribution in [0.2, 0.25) is 0 Å². The van der Waals surface area contributed by atoms with Gasteiger partial charge in [-0.25, -0.2) is 24.0 Å². The van der Waals surface area contributed by atoms with Crippen molar-refractivity contribution >= 4 is 29.8 Å². The molecule has 0 saturated carbocycles. The Hall–Kier alpha value is -6.69. The van der Waals surface area contributed by atoms with Gasteiger partial charge in [0, 0.05) is 25.0 Å². The molecule has 0 unspecified atom stereocenters. The molecular formula is C42H44O12. The lowest BCUT2D eigenvalue weighted by molar-refractivity contribution is -0.138. The molecule has 0 aliphatic carbocycles. The summed E-state index contributed by atoms with van der Waals surface area (Å²) in [5.41, 5.74) is 0.756. The van der Waals surface area contributed by atoms with Crippen molar-refractivity contribution in [1.82, 2.24) is 0 Å². The minimum atomic E-state index is -0.693. The third-order valence-corrected chi connectivity index (χ3v) is 6.57. The number of hydrogen-bond donors (Lipinski definition) is 0. The Morgan fingerprint density at radius 2 is 0.926 bits per heavy atom. The molecule has 0 fully saturated rings. The molecule has 0 amide bonds. The number of allylic oxidation sites excluding steroid dienone is 4. The first-order valence-electron chi connectivity index (χ1n) is 16.9. The van der Waals surface area contributed by atoms with Gasteiger partial charge in [0.2, 0.25) is 0 Å². The molecule has 0 saturated heterocycles. The fraction of sp³-hybridized carbons (Fsp3) is 0.214. The Bertz CT molecular complexity index is 1780. The van der Waals surface area contributed by atoms with Gasteiger partial charge in [-0.2, -0.15) is 0 Å². The van der Waals surface area contributed by atoms with Crippen LogP contribution in [0.25, 0.3) is 0 Å². The lowest BCUT2D eigenvalue weighted by Crippen LogP contribution is -2.09. The second-order valence-electron chi connectivity index (χ2n) is 10.4. The standard InChI is InChI=1S/C40H38O12.C2H6/c1-5-32(17-10-28(4)50-38(43)29-11-18-33(19-12-29)46-24-8-26-48-36(41)6-2)51-39(44)31-15-22-35(23-16-31)52-40(45)30-13-20-34(21-14-30)47-25-9-27-49-37(42)7-3;1-2/h5-7,10-23H,1-3,8-9,24-27H2,4H3;1-2H3/b28-10+,32-17+;. The molecule has 3 aromatic carbocycles. The number of carbonyl (C=O) groups is 5. The maximum absolute atomic E-state index is 12.7. The Balaban J connectivity index is 0.00000495. The average Bonchev–Trinajstić information content (AvgIpc) is 3.20. The van der Waals surface area contributed by atoms with Crippen molar-refractivity contribution in [3.63, 3.8) is 0 Å². The van der Waals surface area contributed by atoms with E-state index in [1.54, 1.807) is 55.5 Å². The Morgan fingerprint density at radius 3 is 1.35 bits per heavy atom. The first-order valence-corrected chi connectivity index (χ1v) is 16.9. The summed E-state index contributed by atoms with van der Waals surface area (Å²) in [7, 11) is 0. The average molecular weight is 741 g/mol. The number of ether oxygens (including phenoxy) is 7. The molecule has 3 rings (SSSR count). The SMILES string of the molecule is C=CC(=O)OCCCOc1ccc(C(=O)O/C(C)=C/C=C(\C=C)OC(=O)c2ccc(OC(=O)c3ccc(OCCCOC(=O)C=C)cc3)cc2)cc1.CC. The highest BCUT2D eigenvalue weighted by atomic mass is 16.6. The van der Waals surface area contributed by atoms with Crippen LogP contribution in [0.1, 0.15) is 64.7 Å². The minimum absolute atomic E-state index is 0.0974. The maximum Gasteiger partial charge on any atom is 0.343 e. The van der Waals surface area contributed by atoms with Crippen molar-refractivity contribution in [2.24, 2.45) is 0 Å². The zero-order chi connectivity index (χ0) is 39.7. The van der Waals surface area contributed by atoms with E-state index in [0.717, 1.165) is 12.2 Å². The molecule has 0 bridgehead atoms. The second-order valence-corrected chi connectivity index (χ2v) is 10.4. The predicted octanol–water partition coefficient (Wildman–Crippen LogP) is 7.92. The van der Waals surface area contributed by atoms with Crippen LogP contribution in [0.3, 0.4) is 0 Å². The summed E-state index contributed by atoms with van der Waals surface area (Å²) < 4.78 is 37.1. The van der Waals surface area contributed by atoms with Crippen molar-refractivity contribution in [3.8, 4) is 17.2 Å². The molecule has 0 heterocycles. The summed E-state index contributed by atoms with van der Waals surface area (Å²) in [6.07, 6.45) is 7.34. The van der Waals surface area contributed by atoms with Crippen LogP contribution in [-0.4, -0.2) is 56.3 Å². The Labute approximate surface area is 314 Å². The zero-order valence-electron chi connectivity index (χ0n) is 30.6. The summed E-state index contributed by atoms with van der Waals surface area (Å²) >= 11 is 0. The quantitative estimate of drug-likeness (QED) is 0.0211. The minimum Gasteiger partial charge on any atom is -0.493 e. The molecule has 54 heavy (non-hydrogen) atoms. The van der Waals surface area contributed by atoms with Gasteiger partial charge in [0.1, 0.15) is 28.8 Å². The van der Waals surface area contributed by atoms with E-state index in [2.05, 4.69) is 19.7 Å². The van der Waals surface area contributed by atoms with E-state index in [1.807, 2.05) is 13.8 Å². The monoisotopic (exact) mass is 740 g/mol. The summed E-state index contributed by atoms with van der Waals surface area (Å²) in [6, 6.07) is 18.4. The molecule has 0 N–H and O–H groups in total. The van der Waals surface area contributed by atoms with Gasteiger partial charge in [0.05, 0.1) is 43.1 Å². The molecule has 0 spiro atoms. The highest BCUT2D eigenvalue weighted by Crippen LogP contribution is 2.19. The molecule has 0 radical (unpaired) electrons. The molecule has 3 aromatic rings. The first kappa shape index (κ1) is 43.5. The van der Waals surface area contributed by atoms with Crippen LogP contribution in [0, 0.1) is 0 Å². The Kier molecular flexibility index (Phi) is 19.7. The van der Waals surface area contributed by atoms with E-state index in [-0.39, 0.29) is 47.2 Å². The van der Waals surface area contributed by atoms with Gasteiger partial charge >= 0.3 is 29.8 Å². The lowest BCUT2D eigenvalue weighted by Gasteiger charge is -2.09. The van der Waals surface area contributed by atoms with E-state index in [1.165, 1.54) is 42.5 Å². The van der Waals surface area contributed by atoms with Gasteiger partial charge < -0.3 is 33.2 Å². The van der Waals surface area contributed by atoms with E-state index in [0.29, 0.717) is 37.6 Å². The third kappa shape index (κ3) is 16.1. The molecule has 284 valence electrons. The predicted molar refractivity (Wildman–Crippen MR) is 201 cm³/mol. The second kappa shape index (κ2) is 24.5. The molecule has 0 aliphatic rings. The van der Waals surface area contributed by atoms with E-state index < -0.39 is 29.8 Å². The smallest absolute Gasteiger partial charge is 0.343 e. The van der Waals surface area contributed by atoms with E-state index in [4.69, 9.17) is 33.2 Å². The molecule has 0 atom stereocenters. The number of hydrogen-bond acceptors (Lipinski definition) is 12. The van der Waals surface area contributed by atoms with Gasteiger partial charge in [-0.15, -0.1) is 0 Å². The Morgan fingerprint density at radius 1 is 0.519 bits per heavy atom. The molecule has 0 aliphatic heterocycles. The number of rotatable bonds is 20. The van der Waals surface area contributed by atoms with Crippen LogP contribution in [0.4, 0.5) is 0 Å². The van der Waals surface area contributed by atoms with Crippen molar-refractivity contribution in [3.05, 3.63) is 151 Å². The maximum atomic E-state index is 12.7. The van der Waals surface area contributed by atoms with E-state index >= 15 is 0 Å². The van der Waals surface area contributed by atoms with Crippen molar-refractivity contribution in [2.45, 2.75) is 33.6 Å². The van der Waals surface area contributed by atoms with Gasteiger partial charge in [-0.05, 0) is 97.9 Å². The van der Waals surface area contributed by atoms with Crippen molar-refractivity contribution in [2.75, 3.05) is 26.4 Å². The summed E-state index contributed by atoms with van der Waals surface area (Å²) in [4.78, 5) is 60.0. The van der Waals surface area contributed by atoms with Crippen LogP contribution < -0.4 is 14.2 Å². The lowest BCUT2D eigenvalue weighted by atomic mass is 10.2. The van der Waals surface area contributed by atoms with Crippen LogP contribution >= 0.6 is 0 Å². The molecule has 12 nitrogen and oxygen atoms in total. The molecule has 0 aromatic heterocycles. The van der Waals surface area contributed by atoms with E-state index in [9.17, 15) is 24.0 Å². The normalized spacial score (nSPS) is 10.6. The summed E-state index contributed by atoms with van der Waals surface area (Å²) in [5.74, 6) is -1.31. The van der Waals surface area contributed by atoms with Crippen molar-refractivity contribution < 1.29 is 57.1 Å². The molecule has 12 heteroatoms. The number of carbonyl (C=O) groups excluding carboxylic acids is 5. The van der Waals surface area contributed by atoms with Gasteiger partial charge in [-0.3, -0.25) is 0 Å². The van der Waals surface area contributed by atoms with Crippen LogP contribution in [0.15, 0.2) is 134 Å². The van der Waals surface area contributed by atoms with Gasteiger partial charge in [0.25, 0.3) is 0 Å². The van der Waals surface area contributed by atoms with Gasteiger partial charge in [-0.1, -0.05) is 33.6 Å². The van der Waals surface area contributed by atoms with Crippen LogP contribution in [-0.2, 0) is 28.5 Å². The zero-order valence-corrected chi connectivity index (χ0v) is 30.6. The number of esters is 5. The first-order chi connectivity index (χ1) is 26.1. The fourth-order valence-corrected chi connectivity index (χ4v) is 3.91.